The maximum Gasteiger partial charge on any atom is 0.335 e. The van der Waals surface area contributed by atoms with Crippen molar-refractivity contribution in [1.82, 2.24) is 15.2 Å². The van der Waals surface area contributed by atoms with Crippen LogP contribution in [-0.2, 0) is 0 Å². The Morgan fingerprint density at radius 3 is 2.33 bits per heavy atom. The van der Waals surface area contributed by atoms with Crippen LogP contribution >= 0.6 is 0 Å². The summed E-state index contributed by atoms with van der Waals surface area (Å²) in [6.45, 7) is 0. The third kappa shape index (κ3) is 2.51. The predicted octanol–water partition coefficient (Wildman–Crippen LogP) is 2.49. The van der Waals surface area contributed by atoms with Crippen LogP contribution in [0.25, 0.3) is 11.0 Å². The van der Waals surface area contributed by atoms with Crippen molar-refractivity contribution in [2.75, 3.05) is 11.9 Å². The van der Waals surface area contributed by atoms with E-state index in [-0.39, 0.29) is 5.56 Å². The van der Waals surface area contributed by atoms with Crippen LogP contribution in [0.1, 0.15) is 10.4 Å². The molecule has 0 aliphatic carbocycles. The van der Waals surface area contributed by atoms with Crippen molar-refractivity contribution < 1.29 is 9.90 Å². The summed E-state index contributed by atoms with van der Waals surface area (Å²) in [6, 6.07) is 14.0. The van der Waals surface area contributed by atoms with E-state index in [1.807, 2.05) is 31.3 Å². The second-order valence-corrected chi connectivity index (χ2v) is 4.51. The van der Waals surface area contributed by atoms with Crippen LogP contribution in [0.5, 0.6) is 0 Å². The summed E-state index contributed by atoms with van der Waals surface area (Å²) in [7, 11) is 1.81. The summed E-state index contributed by atoms with van der Waals surface area (Å²) in [5.74, 6) is -0.496. The van der Waals surface area contributed by atoms with Crippen LogP contribution in [0.15, 0.2) is 48.5 Å². The Kier molecular flexibility index (Phi) is 3.19. The van der Waals surface area contributed by atoms with E-state index < -0.39 is 5.97 Å². The van der Waals surface area contributed by atoms with Gasteiger partial charge in [0.2, 0.25) is 5.95 Å². The summed E-state index contributed by atoms with van der Waals surface area (Å²) in [4.78, 5) is 17.1. The molecule has 1 N–H and O–H groups in total. The van der Waals surface area contributed by atoms with Crippen molar-refractivity contribution >= 4 is 28.6 Å². The highest BCUT2D eigenvalue weighted by Crippen LogP contribution is 2.21. The molecule has 2 aromatic carbocycles. The van der Waals surface area contributed by atoms with Gasteiger partial charge in [-0.25, -0.2) is 9.78 Å². The van der Waals surface area contributed by atoms with E-state index in [4.69, 9.17) is 5.11 Å². The lowest BCUT2D eigenvalue weighted by Gasteiger charge is -2.16. The molecule has 0 saturated carbocycles. The van der Waals surface area contributed by atoms with Gasteiger partial charge in [-0.15, -0.1) is 10.2 Å². The van der Waals surface area contributed by atoms with Gasteiger partial charge in [0.05, 0.1) is 11.1 Å². The van der Waals surface area contributed by atoms with E-state index in [2.05, 4.69) is 15.2 Å². The van der Waals surface area contributed by atoms with Gasteiger partial charge in [0.15, 0.2) is 0 Å². The third-order valence-corrected chi connectivity index (χ3v) is 3.15. The number of aromatic carboxylic acids is 1. The second kappa shape index (κ2) is 5.16. The molecule has 0 aliphatic heterocycles. The molecule has 0 fully saturated rings. The molecular weight excluding hydrogens is 268 g/mol. The van der Waals surface area contributed by atoms with Crippen molar-refractivity contribution in [1.29, 1.82) is 0 Å². The van der Waals surface area contributed by atoms with Crippen molar-refractivity contribution in [3.8, 4) is 0 Å². The first-order chi connectivity index (χ1) is 10.1. The van der Waals surface area contributed by atoms with Gasteiger partial charge in [0.25, 0.3) is 0 Å². The van der Waals surface area contributed by atoms with Crippen molar-refractivity contribution in [2.45, 2.75) is 0 Å². The SMILES string of the molecule is CN(c1ccc(C(=O)O)cc1)c1nnc2ccccc2n1. The molecule has 0 unspecified atom stereocenters. The molecule has 0 amide bonds. The number of benzene rings is 2. The quantitative estimate of drug-likeness (QED) is 0.794. The number of hydrogen-bond acceptors (Lipinski definition) is 5. The highest BCUT2D eigenvalue weighted by atomic mass is 16.4. The van der Waals surface area contributed by atoms with E-state index in [1.54, 1.807) is 29.2 Å². The molecule has 0 spiro atoms. The molecule has 0 atom stereocenters. The standard InChI is InChI=1S/C15H12N4O2/c1-19(11-8-6-10(7-9-11)14(20)21)15-16-12-4-2-3-5-13(12)17-18-15/h2-9H,1H3,(H,20,21). The number of para-hydroxylation sites is 1. The molecule has 6 heteroatoms. The Labute approximate surface area is 120 Å². The molecule has 6 nitrogen and oxygen atoms in total. The lowest BCUT2D eigenvalue weighted by Crippen LogP contribution is -2.14. The molecule has 21 heavy (non-hydrogen) atoms. The first-order valence-electron chi connectivity index (χ1n) is 6.32. The highest BCUT2D eigenvalue weighted by Gasteiger charge is 2.10. The van der Waals surface area contributed by atoms with Gasteiger partial charge in [-0.1, -0.05) is 12.1 Å². The van der Waals surface area contributed by atoms with Gasteiger partial charge >= 0.3 is 5.97 Å². The summed E-state index contributed by atoms with van der Waals surface area (Å²) in [5.41, 5.74) is 2.52. The van der Waals surface area contributed by atoms with Gasteiger partial charge in [-0.05, 0) is 36.4 Å². The Bertz CT molecular complexity index is 802. The van der Waals surface area contributed by atoms with Crippen molar-refractivity contribution in [2.24, 2.45) is 0 Å². The number of fused-ring (bicyclic) bond motifs is 1. The van der Waals surface area contributed by atoms with Gasteiger partial charge in [-0.3, -0.25) is 0 Å². The molecule has 0 bridgehead atoms. The number of nitrogens with zero attached hydrogens (tertiary/aromatic N) is 4. The van der Waals surface area contributed by atoms with E-state index >= 15 is 0 Å². The summed E-state index contributed by atoms with van der Waals surface area (Å²) >= 11 is 0. The van der Waals surface area contributed by atoms with Gasteiger partial charge in [-0.2, -0.15) is 0 Å². The lowest BCUT2D eigenvalue weighted by atomic mass is 10.2. The minimum Gasteiger partial charge on any atom is -0.478 e. The van der Waals surface area contributed by atoms with Crippen LogP contribution in [0.4, 0.5) is 11.6 Å². The van der Waals surface area contributed by atoms with Gasteiger partial charge in [0, 0.05) is 12.7 Å². The Morgan fingerprint density at radius 2 is 1.67 bits per heavy atom. The zero-order chi connectivity index (χ0) is 14.8. The van der Waals surface area contributed by atoms with E-state index in [9.17, 15) is 4.79 Å². The predicted molar refractivity (Wildman–Crippen MR) is 78.8 cm³/mol. The van der Waals surface area contributed by atoms with Gasteiger partial charge in [0.1, 0.15) is 5.52 Å². The summed E-state index contributed by atoms with van der Waals surface area (Å²) < 4.78 is 0. The smallest absolute Gasteiger partial charge is 0.335 e. The van der Waals surface area contributed by atoms with Crippen LogP contribution in [0.3, 0.4) is 0 Å². The Balaban J connectivity index is 1.95. The van der Waals surface area contributed by atoms with Crippen molar-refractivity contribution in [3.05, 3.63) is 54.1 Å². The topological polar surface area (TPSA) is 79.2 Å². The maximum atomic E-state index is 10.9. The van der Waals surface area contributed by atoms with Crippen LogP contribution < -0.4 is 4.90 Å². The normalized spacial score (nSPS) is 10.5. The number of carboxylic acids is 1. The van der Waals surface area contributed by atoms with Crippen LogP contribution in [0, 0.1) is 0 Å². The number of carboxylic acid groups (broad SMARTS) is 1. The molecule has 0 saturated heterocycles. The average molecular weight is 280 g/mol. The number of aromatic nitrogens is 3. The molecule has 1 aromatic heterocycles. The lowest BCUT2D eigenvalue weighted by molar-refractivity contribution is 0.0697. The van der Waals surface area contributed by atoms with Gasteiger partial charge < -0.3 is 10.0 Å². The second-order valence-electron chi connectivity index (χ2n) is 4.51. The summed E-state index contributed by atoms with van der Waals surface area (Å²) in [5, 5.41) is 17.1. The van der Waals surface area contributed by atoms with E-state index in [1.165, 1.54) is 0 Å². The number of anilines is 2. The number of hydrogen-bond donors (Lipinski definition) is 1. The van der Waals surface area contributed by atoms with Crippen LogP contribution in [0.2, 0.25) is 0 Å². The molecule has 1 heterocycles. The first-order valence-corrected chi connectivity index (χ1v) is 6.32. The maximum absolute atomic E-state index is 10.9. The fourth-order valence-electron chi connectivity index (χ4n) is 1.96. The van der Waals surface area contributed by atoms with Crippen molar-refractivity contribution in [3.63, 3.8) is 0 Å². The number of carbonyl (C=O) groups is 1. The number of rotatable bonds is 3. The average Bonchev–Trinajstić information content (AvgIpc) is 2.54. The Hall–Kier alpha value is -3.02. The zero-order valence-electron chi connectivity index (χ0n) is 11.3. The monoisotopic (exact) mass is 280 g/mol. The minimum atomic E-state index is -0.951. The first kappa shape index (κ1) is 13.0. The highest BCUT2D eigenvalue weighted by molar-refractivity contribution is 5.88. The molecule has 0 radical (unpaired) electrons. The molecule has 3 aromatic rings. The summed E-state index contributed by atoms with van der Waals surface area (Å²) in [6.07, 6.45) is 0. The Morgan fingerprint density at radius 1 is 1.00 bits per heavy atom. The molecule has 0 aliphatic rings. The third-order valence-electron chi connectivity index (χ3n) is 3.15. The fraction of sp³-hybridized carbons (Fsp3) is 0.0667. The van der Waals surface area contributed by atoms with Crippen LogP contribution in [-0.4, -0.2) is 33.3 Å². The minimum absolute atomic E-state index is 0.240. The molecule has 104 valence electrons. The largest absolute Gasteiger partial charge is 0.478 e. The fourth-order valence-corrected chi connectivity index (χ4v) is 1.96. The molecule has 3 rings (SSSR count). The van der Waals surface area contributed by atoms with E-state index in [0.29, 0.717) is 5.95 Å². The van der Waals surface area contributed by atoms with E-state index in [0.717, 1.165) is 16.7 Å². The zero-order valence-corrected chi connectivity index (χ0v) is 11.3. The molecular formula is C15H12N4O2.